The van der Waals surface area contributed by atoms with Crippen LogP contribution in [0, 0.1) is 0 Å². The van der Waals surface area contributed by atoms with Crippen LogP contribution in [-0.2, 0) is 21.8 Å². The van der Waals surface area contributed by atoms with Gasteiger partial charge < -0.3 is 4.74 Å². The van der Waals surface area contributed by atoms with Crippen molar-refractivity contribution in [1.29, 1.82) is 0 Å². The van der Waals surface area contributed by atoms with Crippen LogP contribution in [0.2, 0.25) is 0 Å². The first-order valence-corrected chi connectivity index (χ1v) is 5.91. The van der Waals surface area contributed by atoms with E-state index in [0.29, 0.717) is 11.1 Å². The largest absolute Gasteiger partial charge is 0.469 e. The first-order chi connectivity index (χ1) is 8.01. The second kappa shape index (κ2) is 6.26. The Morgan fingerprint density at radius 1 is 1.65 bits per heavy atom. The molecule has 17 heavy (non-hydrogen) atoms. The van der Waals surface area contributed by atoms with Crippen molar-refractivity contribution < 1.29 is 18.3 Å². The molecule has 0 aliphatic carbocycles. The van der Waals surface area contributed by atoms with E-state index in [0.717, 1.165) is 0 Å². The van der Waals surface area contributed by atoms with Crippen LogP contribution in [0.25, 0.3) is 0 Å². The fourth-order valence-electron chi connectivity index (χ4n) is 1.25. The van der Waals surface area contributed by atoms with E-state index in [2.05, 4.69) is 25.7 Å². The lowest BCUT2D eigenvalue weighted by molar-refractivity contribution is -0.139. The minimum Gasteiger partial charge on any atom is -0.469 e. The highest BCUT2D eigenvalue weighted by Gasteiger charge is 2.19. The van der Waals surface area contributed by atoms with Crippen molar-refractivity contribution in [3.8, 4) is 0 Å². The van der Waals surface area contributed by atoms with Crippen LogP contribution in [0.1, 0.15) is 23.2 Å². The average Bonchev–Trinajstić information content (AvgIpc) is 2.28. The number of hydrogen-bond acceptors (Lipinski definition) is 3. The molecule has 0 N–H and O–H groups in total. The van der Waals surface area contributed by atoms with E-state index in [4.69, 9.17) is 11.6 Å². The Labute approximate surface area is 110 Å². The lowest BCUT2D eigenvalue weighted by Gasteiger charge is -2.11. The summed E-state index contributed by atoms with van der Waals surface area (Å²) >= 11 is 8.71. The molecule has 0 radical (unpaired) electrons. The summed E-state index contributed by atoms with van der Waals surface area (Å²) in [6.07, 6.45) is -1.52. The van der Waals surface area contributed by atoms with Gasteiger partial charge in [0.15, 0.2) is 0 Å². The Morgan fingerprint density at radius 3 is 2.76 bits per heavy atom. The van der Waals surface area contributed by atoms with Crippen LogP contribution in [0.4, 0.5) is 8.78 Å². The molecule has 1 aromatic rings. The number of methoxy groups -OCH3 is 1. The van der Waals surface area contributed by atoms with Crippen LogP contribution in [-0.4, -0.2) is 18.1 Å². The summed E-state index contributed by atoms with van der Waals surface area (Å²) in [6.45, 7) is 0. The number of ether oxygens (including phenoxy) is 1. The molecule has 0 saturated heterocycles. The van der Waals surface area contributed by atoms with Crippen LogP contribution in [0.3, 0.4) is 0 Å². The molecule has 3 nitrogen and oxygen atoms in total. The number of aromatic nitrogens is 1. The van der Waals surface area contributed by atoms with E-state index < -0.39 is 12.4 Å². The molecule has 1 heterocycles. The monoisotopic (exact) mass is 327 g/mol. The standard InChI is InChI=1S/C10H9BrClF2NO2/c1-17-7(16)2-5-4-15-9(10(13)14)8(11)6(5)3-12/h4,10H,2-3H2,1H3. The van der Waals surface area contributed by atoms with Gasteiger partial charge in [-0.2, -0.15) is 0 Å². The topological polar surface area (TPSA) is 39.2 Å². The van der Waals surface area contributed by atoms with Gasteiger partial charge in [0, 0.05) is 16.5 Å². The van der Waals surface area contributed by atoms with E-state index in [1.807, 2.05) is 0 Å². The zero-order chi connectivity index (χ0) is 13.0. The molecule has 0 atom stereocenters. The van der Waals surface area contributed by atoms with E-state index in [1.54, 1.807) is 0 Å². The molecule has 0 fully saturated rings. The smallest absolute Gasteiger partial charge is 0.310 e. The fourth-order valence-corrected chi connectivity index (χ4v) is 2.39. The molecular weight excluding hydrogens is 319 g/mol. The van der Waals surface area contributed by atoms with Gasteiger partial charge in [0.1, 0.15) is 5.69 Å². The fraction of sp³-hybridized carbons (Fsp3) is 0.400. The number of nitrogens with zero attached hydrogens (tertiary/aromatic N) is 1. The van der Waals surface area contributed by atoms with E-state index in [1.165, 1.54) is 13.3 Å². The van der Waals surface area contributed by atoms with Crippen molar-refractivity contribution in [2.45, 2.75) is 18.7 Å². The molecule has 0 amide bonds. The number of carbonyl (C=O) groups is 1. The molecule has 0 aromatic carbocycles. The number of halogens is 4. The van der Waals surface area contributed by atoms with Gasteiger partial charge in [-0.3, -0.25) is 9.78 Å². The Kier molecular flexibility index (Phi) is 5.27. The zero-order valence-electron chi connectivity index (χ0n) is 8.84. The molecule has 0 aliphatic rings. The Balaban J connectivity index is 3.16. The average molecular weight is 329 g/mol. The number of rotatable bonds is 4. The number of hydrogen-bond donors (Lipinski definition) is 0. The van der Waals surface area contributed by atoms with E-state index in [9.17, 15) is 13.6 Å². The molecule has 0 unspecified atom stereocenters. The summed E-state index contributed by atoms with van der Waals surface area (Å²) in [5.41, 5.74) is 0.528. The third kappa shape index (κ3) is 3.35. The predicted molar refractivity (Wildman–Crippen MR) is 62.2 cm³/mol. The normalized spacial score (nSPS) is 10.7. The molecule has 0 saturated carbocycles. The van der Waals surface area contributed by atoms with Crippen molar-refractivity contribution in [1.82, 2.24) is 4.98 Å². The minimum atomic E-state index is -2.70. The van der Waals surface area contributed by atoms with Crippen molar-refractivity contribution in [2.75, 3.05) is 7.11 Å². The summed E-state index contributed by atoms with van der Waals surface area (Å²) in [4.78, 5) is 14.7. The molecule has 0 spiro atoms. The van der Waals surface area contributed by atoms with Crippen LogP contribution < -0.4 is 0 Å². The van der Waals surface area contributed by atoms with Crippen LogP contribution in [0.5, 0.6) is 0 Å². The SMILES string of the molecule is COC(=O)Cc1cnc(C(F)F)c(Br)c1CCl. The number of carbonyl (C=O) groups excluding carboxylic acids is 1. The van der Waals surface area contributed by atoms with Gasteiger partial charge in [0.25, 0.3) is 6.43 Å². The highest BCUT2D eigenvalue weighted by molar-refractivity contribution is 9.10. The Hall–Kier alpha value is -0.750. The van der Waals surface area contributed by atoms with Crippen molar-refractivity contribution in [3.05, 3.63) is 27.5 Å². The molecule has 7 heteroatoms. The van der Waals surface area contributed by atoms with Gasteiger partial charge in [0.05, 0.1) is 13.5 Å². The molecule has 0 aliphatic heterocycles. The highest BCUT2D eigenvalue weighted by Crippen LogP contribution is 2.31. The van der Waals surface area contributed by atoms with Crippen molar-refractivity contribution in [2.24, 2.45) is 0 Å². The molecule has 0 bridgehead atoms. The molecule has 94 valence electrons. The Bertz CT molecular complexity index is 429. The summed E-state index contributed by atoms with van der Waals surface area (Å²) in [5, 5.41) is 0. The minimum absolute atomic E-state index is 0.00908. The first-order valence-electron chi connectivity index (χ1n) is 4.58. The Morgan fingerprint density at radius 2 is 2.29 bits per heavy atom. The predicted octanol–water partition coefficient (Wildman–Crippen LogP) is 3.24. The van der Waals surface area contributed by atoms with E-state index in [-0.39, 0.29) is 22.5 Å². The maximum atomic E-state index is 12.6. The number of pyridine rings is 1. The second-order valence-corrected chi connectivity index (χ2v) is 4.21. The van der Waals surface area contributed by atoms with Gasteiger partial charge in [-0.15, -0.1) is 11.6 Å². The maximum absolute atomic E-state index is 12.6. The summed E-state index contributed by atoms with van der Waals surface area (Å²) < 4.78 is 29.8. The van der Waals surface area contributed by atoms with Crippen molar-refractivity contribution in [3.63, 3.8) is 0 Å². The maximum Gasteiger partial charge on any atom is 0.310 e. The zero-order valence-corrected chi connectivity index (χ0v) is 11.2. The highest BCUT2D eigenvalue weighted by atomic mass is 79.9. The third-order valence-electron chi connectivity index (χ3n) is 2.14. The van der Waals surface area contributed by atoms with Gasteiger partial charge >= 0.3 is 5.97 Å². The van der Waals surface area contributed by atoms with Crippen LogP contribution in [0.15, 0.2) is 10.7 Å². The van der Waals surface area contributed by atoms with Gasteiger partial charge in [0.2, 0.25) is 0 Å². The molecule has 1 aromatic heterocycles. The second-order valence-electron chi connectivity index (χ2n) is 3.15. The summed E-state index contributed by atoms with van der Waals surface area (Å²) in [5.74, 6) is -0.468. The summed E-state index contributed by atoms with van der Waals surface area (Å²) in [7, 11) is 1.25. The summed E-state index contributed by atoms with van der Waals surface area (Å²) in [6, 6.07) is 0. The lowest BCUT2D eigenvalue weighted by Crippen LogP contribution is -2.09. The third-order valence-corrected chi connectivity index (χ3v) is 3.29. The van der Waals surface area contributed by atoms with Gasteiger partial charge in [-0.05, 0) is 27.1 Å². The molecule has 1 rings (SSSR count). The van der Waals surface area contributed by atoms with Gasteiger partial charge in [-0.1, -0.05) is 0 Å². The van der Waals surface area contributed by atoms with Gasteiger partial charge in [-0.25, -0.2) is 8.78 Å². The lowest BCUT2D eigenvalue weighted by atomic mass is 10.1. The van der Waals surface area contributed by atoms with Crippen molar-refractivity contribution >= 4 is 33.5 Å². The van der Waals surface area contributed by atoms with E-state index >= 15 is 0 Å². The first kappa shape index (κ1) is 14.3. The number of esters is 1. The van der Waals surface area contributed by atoms with Crippen LogP contribution >= 0.6 is 27.5 Å². The quantitative estimate of drug-likeness (QED) is 0.629. The molecular formula is C10H9BrClF2NO2. The number of alkyl halides is 3.